The summed E-state index contributed by atoms with van der Waals surface area (Å²) in [5.74, 6) is 0.605. The molecule has 5 rings (SSSR count). The number of ketones is 1. The van der Waals surface area contributed by atoms with E-state index in [4.69, 9.17) is 4.74 Å². The monoisotopic (exact) mass is 517 g/mol. The van der Waals surface area contributed by atoms with E-state index in [0.29, 0.717) is 41.7 Å². The Balaban J connectivity index is 1.39. The molecule has 0 aromatic heterocycles. The minimum Gasteiger partial charge on any atom is -0.461 e. The van der Waals surface area contributed by atoms with Crippen molar-refractivity contribution in [1.82, 2.24) is 4.90 Å². The van der Waals surface area contributed by atoms with Crippen molar-refractivity contribution >= 4 is 23.5 Å². The van der Waals surface area contributed by atoms with Crippen LogP contribution < -0.4 is 0 Å². The van der Waals surface area contributed by atoms with Crippen LogP contribution in [0.1, 0.15) is 85.5 Å². The van der Waals surface area contributed by atoms with E-state index in [9.17, 15) is 14.7 Å². The van der Waals surface area contributed by atoms with E-state index in [0.717, 1.165) is 32.1 Å². The Kier molecular flexibility index (Phi) is 6.99. The second-order valence-corrected chi connectivity index (χ2v) is 14.8. The van der Waals surface area contributed by atoms with E-state index in [1.165, 1.54) is 12.8 Å². The van der Waals surface area contributed by atoms with Crippen LogP contribution in [-0.2, 0) is 14.3 Å². The minimum atomic E-state index is -0.619. The lowest BCUT2D eigenvalue weighted by atomic mass is 9.44. The molecule has 36 heavy (non-hydrogen) atoms. The van der Waals surface area contributed by atoms with Crippen LogP contribution in [0.5, 0.6) is 0 Å². The number of ether oxygens (including phenoxy) is 1. The zero-order chi connectivity index (χ0) is 26.0. The third-order valence-corrected chi connectivity index (χ3v) is 13.3. The maximum Gasteiger partial charge on any atom is 0.316 e. The molecule has 202 valence electrons. The molecule has 0 radical (unpaired) electrons. The first-order chi connectivity index (χ1) is 17.0. The van der Waals surface area contributed by atoms with Gasteiger partial charge in [-0.25, -0.2) is 0 Å². The Hall–Kier alpha value is -0.850. The predicted octanol–water partition coefficient (Wildman–Crippen LogP) is 5.25. The fourth-order valence-electron chi connectivity index (χ4n) is 9.38. The first-order valence-electron chi connectivity index (χ1n) is 14.3. The largest absolute Gasteiger partial charge is 0.461 e. The summed E-state index contributed by atoms with van der Waals surface area (Å²) >= 11 is 1.76. The molecule has 0 aromatic rings. The maximum absolute atomic E-state index is 13.5. The van der Waals surface area contributed by atoms with Crippen LogP contribution in [0.4, 0.5) is 0 Å². The number of esters is 1. The Labute approximate surface area is 222 Å². The Bertz CT molecular complexity index is 895. The number of rotatable bonds is 5. The maximum atomic E-state index is 13.5. The molecular weight excluding hydrogens is 470 g/mol. The SMILES string of the molecule is C=C[C@]1(C)C[C@@H](OC(=O)CSC2C[C@H]3CC[C@@H](C2)N3C)[C@@]2(C)[C@H](C)CC[C@]3(CCC(=O)[C@H]32)[C@@H](C)[C@@H]1O. The molecule has 5 aliphatic rings. The van der Waals surface area contributed by atoms with Crippen LogP contribution in [0, 0.1) is 34.0 Å². The molecule has 0 spiro atoms. The van der Waals surface area contributed by atoms with Crippen molar-refractivity contribution in [3.8, 4) is 0 Å². The van der Waals surface area contributed by atoms with Gasteiger partial charge in [-0.1, -0.05) is 33.8 Å². The lowest BCUT2D eigenvalue weighted by Gasteiger charge is -2.61. The van der Waals surface area contributed by atoms with Crippen molar-refractivity contribution in [2.24, 2.45) is 34.0 Å². The summed E-state index contributed by atoms with van der Waals surface area (Å²) in [5, 5.41) is 12.2. The van der Waals surface area contributed by atoms with Gasteiger partial charge in [0.2, 0.25) is 0 Å². The number of aliphatic hydroxyl groups excluding tert-OH is 1. The van der Waals surface area contributed by atoms with E-state index in [1.807, 2.05) is 6.08 Å². The van der Waals surface area contributed by atoms with Crippen molar-refractivity contribution in [2.45, 2.75) is 115 Å². The van der Waals surface area contributed by atoms with Crippen molar-refractivity contribution < 1.29 is 19.4 Å². The molecule has 2 heterocycles. The second kappa shape index (κ2) is 9.41. The smallest absolute Gasteiger partial charge is 0.316 e. The molecule has 3 saturated carbocycles. The highest BCUT2D eigenvalue weighted by Crippen LogP contribution is 2.68. The van der Waals surface area contributed by atoms with Crippen LogP contribution in [0.15, 0.2) is 12.7 Å². The molecule has 1 N–H and O–H groups in total. The number of carbonyl (C=O) groups excluding carboxylic acids is 2. The van der Waals surface area contributed by atoms with Crippen LogP contribution in [0.25, 0.3) is 0 Å². The van der Waals surface area contributed by atoms with Gasteiger partial charge >= 0.3 is 5.97 Å². The number of piperidine rings is 1. The summed E-state index contributed by atoms with van der Waals surface area (Å²) < 4.78 is 6.42. The van der Waals surface area contributed by atoms with Gasteiger partial charge in [0, 0.05) is 40.5 Å². The lowest BCUT2D eigenvalue weighted by Crippen LogP contribution is -2.63. The van der Waals surface area contributed by atoms with E-state index >= 15 is 0 Å². The number of nitrogens with zero attached hydrogens (tertiary/aromatic N) is 1. The summed E-state index contributed by atoms with van der Waals surface area (Å²) in [5.41, 5.74) is -1.24. The highest BCUT2D eigenvalue weighted by molar-refractivity contribution is 8.00. The molecule has 5 nitrogen and oxygen atoms in total. The topological polar surface area (TPSA) is 66.8 Å². The molecule has 0 aromatic carbocycles. The van der Waals surface area contributed by atoms with Gasteiger partial charge in [-0.15, -0.1) is 18.3 Å². The zero-order valence-electron chi connectivity index (χ0n) is 23.0. The molecule has 0 amide bonds. The first-order valence-corrected chi connectivity index (χ1v) is 15.4. The van der Waals surface area contributed by atoms with Gasteiger partial charge in [0.05, 0.1) is 11.9 Å². The van der Waals surface area contributed by atoms with Crippen LogP contribution in [-0.4, -0.2) is 64.1 Å². The molecule has 5 fully saturated rings. The second-order valence-electron chi connectivity index (χ2n) is 13.5. The number of hydrogen-bond acceptors (Lipinski definition) is 6. The Morgan fingerprint density at radius 3 is 2.50 bits per heavy atom. The van der Waals surface area contributed by atoms with Crippen LogP contribution in [0.2, 0.25) is 0 Å². The average molecular weight is 518 g/mol. The molecule has 2 saturated heterocycles. The fourth-order valence-corrected chi connectivity index (χ4v) is 10.5. The standard InChI is InChI=1S/C30H47NO4S/c1-7-28(4)16-24(35-25(33)17-36-22-14-20-8-9-21(15-22)31(20)6)29(5)18(2)10-12-30(19(3)27(28)34)13-11-23(32)26(29)30/h7,18-22,24,26-27,34H,1,8-17H2,2-6H3/t18-,19+,20-,21+,22?,24-,26+,27+,28-,29-,30+/m1/s1. The molecule has 1 unspecified atom stereocenters. The van der Waals surface area contributed by atoms with Crippen LogP contribution >= 0.6 is 11.8 Å². The summed E-state index contributed by atoms with van der Waals surface area (Å²) in [6, 6.07) is 1.31. The van der Waals surface area contributed by atoms with E-state index in [2.05, 4.69) is 46.2 Å². The zero-order valence-corrected chi connectivity index (χ0v) is 23.8. The number of carbonyl (C=O) groups is 2. The summed E-state index contributed by atoms with van der Waals surface area (Å²) in [7, 11) is 2.24. The van der Waals surface area contributed by atoms with Crippen molar-refractivity contribution in [1.29, 1.82) is 0 Å². The summed E-state index contributed by atoms with van der Waals surface area (Å²) in [6.45, 7) is 12.8. The van der Waals surface area contributed by atoms with Gasteiger partial charge < -0.3 is 14.7 Å². The summed E-state index contributed by atoms with van der Waals surface area (Å²) in [4.78, 5) is 29.4. The van der Waals surface area contributed by atoms with Crippen molar-refractivity contribution in [3.05, 3.63) is 12.7 Å². The van der Waals surface area contributed by atoms with Crippen molar-refractivity contribution in [3.63, 3.8) is 0 Å². The number of aliphatic hydroxyl groups is 1. The number of fused-ring (bicyclic) bond motifs is 2. The molecular formula is C30H47NO4S. The van der Waals surface area contributed by atoms with Gasteiger partial charge in [0.1, 0.15) is 11.9 Å². The van der Waals surface area contributed by atoms with Crippen molar-refractivity contribution in [2.75, 3.05) is 12.8 Å². The Morgan fingerprint density at radius 1 is 1.19 bits per heavy atom. The summed E-state index contributed by atoms with van der Waals surface area (Å²) in [6.07, 6.45) is 9.58. The van der Waals surface area contributed by atoms with Gasteiger partial charge in [-0.3, -0.25) is 9.59 Å². The van der Waals surface area contributed by atoms with Gasteiger partial charge in [-0.05, 0) is 75.7 Å². The number of thioether (sulfide) groups is 1. The minimum absolute atomic E-state index is 0.00390. The number of Topliss-reactive ketones (excluding diaryl/α,β-unsaturated/α-hetero) is 1. The van der Waals surface area contributed by atoms with Gasteiger partial charge in [-0.2, -0.15) is 0 Å². The lowest BCUT2D eigenvalue weighted by molar-refractivity contribution is -0.205. The molecule has 11 atom stereocenters. The molecule has 4 bridgehead atoms. The van der Waals surface area contributed by atoms with Gasteiger partial charge in [0.25, 0.3) is 0 Å². The fraction of sp³-hybridized carbons (Fsp3) is 0.867. The third-order valence-electron chi connectivity index (χ3n) is 12.1. The number of hydrogen-bond donors (Lipinski definition) is 1. The average Bonchev–Trinajstić information content (AvgIpc) is 3.28. The molecule has 6 heteroatoms. The normalized spacial score (nSPS) is 50.8. The predicted molar refractivity (Wildman–Crippen MR) is 145 cm³/mol. The first kappa shape index (κ1) is 26.7. The van der Waals surface area contributed by atoms with E-state index in [-0.39, 0.29) is 29.1 Å². The van der Waals surface area contributed by atoms with E-state index in [1.54, 1.807) is 11.8 Å². The highest BCUT2D eigenvalue weighted by Gasteiger charge is 2.68. The van der Waals surface area contributed by atoms with Crippen LogP contribution in [0.3, 0.4) is 0 Å². The highest BCUT2D eigenvalue weighted by atomic mass is 32.2. The quantitative estimate of drug-likeness (QED) is 0.397. The Morgan fingerprint density at radius 2 is 1.86 bits per heavy atom. The van der Waals surface area contributed by atoms with E-state index < -0.39 is 23.0 Å². The third kappa shape index (κ3) is 3.95. The molecule has 3 aliphatic carbocycles. The van der Waals surface area contributed by atoms with Gasteiger partial charge in [0.15, 0.2) is 0 Å². The molecule has 2 aliphatic heterocycles.